The van der Waals surface area contributed by atoms with Crippen LogP contribution in [-0.4, -0.2) is 38.2 Å². The molecule has 10 nitrogen and oxygen atoms in total. The summed E-state index contributed by atoms with van der Waals surface area (Å²) in [4.78, 5) is 49.5. The topological polar surface area (TPSA) is 156 Å². The number of nitrogens with zero attached hydrogens (tertiary/aromatic N) is 3. The van der Waals surface area contributed by atoms with Crippen LogP contribution in [0.4, 0.5) is 11.6 Å². The summed E-state index contributed by atoms with van der Waals surface area (Å²) >= 11 is 0. The first-order chi connectivity index (χ1) is 13.5. The van der Waals surface area contributed by atoms with E-state index in [1.165, 1.54) is 6.20 Å². The summed E-state index contributed by atoms with van der Waals surface area (Å²) < 4.78 is 0. The number of aromatic amines is 1. The lowest BCUT2D eigenvalue weighted by molar-refractivity contribution is -0.109. The molecule has 0 unspecified atom stereocenters. The smallest absolute Gasteiger partial charge is 0.280 e. The van der Waals surface area contributed by atoms with Crippen LogP contribution in [0.3, 0.4) is 0 Å². The van der Waals surface area contributed by atoms with Crippen molar-refractivity contribution in [3.05, 3.63) is 52.1 Å². The number of anilines is 2. The van der Waals surface area contributed by atoms with Gasteiger partial charge in [-0.2, -0.15) is 4.98 Å². The molecule has 1 aromatic carbocycles. The van der Waals surface area contributed by atoms with Crippen LogP contribution in [0, 0.1) is 0 Å². The summed E-state index contributed by atoms with van der Waals surface area (Å²) in [7, 11) is 0. The summed E-state index contributed by atoms with van der Waals surface area (Å²) in [5, 5.41) is 5.78. The minimum Gasteiger partial charge on any atom is -0.379 e. The SMILES string of the molecule is CC[C@@H](C=O)NC(=O)c1ccc(NCc2cnc3nc(N)[nH]c(=O)c3n2)cc1. The molecular formula is C18H19N7O3. The number of amides is 1. The summed E-state index contributed by atoms with van der Waals surface area (Å²) in [6.07, 6.45) is 2.76. The number of hydrogen-bond acceptors (Lipinski definition) is 8. The molecule has 2 heterocycles. The highest BCUT2D eigenvalue weighted by Crippen LogP contribution is 2.12. The minimum atomic E-state index is -0.496. The number of carbonyl (C=O) groups excluding carboxylic acids is 2. The summed E-state index contributed by atoms with van der Waals surface area (Å²) in [6, 6.07) is 6.28. The van der Waals surface area contributed by atoms with Crippen molar-refractivity contribution in [2.24, 2.45) is 0 Å². The van der Waals surface area contributed by atoms with Crippen molar-refractivity contribution in [1.82, 2.24) is 25.3 Å². The third kappa shape index (κ3) is 4.29. The number of rotatable bonds is 7. The van der Waals surface area contributed by atoms with Crippen molar-refractivity contribution in [3.8, 4) is 0 Å². The van der Waals surface area contributed by atoms with Crippen LogP contribution in [0.1, 0.15) is 29.4 Å². The third-order valence-electron chi connectivity index (χ3n) is 4.03. The van der Waals surface area contributed by atoms with Gasteiger partial charge in [0.15, 0.2) is 11.2 Å². The van der Waals surface area contributed by atoms with Crippen molar-refractivity contribution in [1.29, 1.82) is 0 Å². The second-order valence-corrected chi connectivity index (χ2v) is 6.04. The molecule has 28 heavy (non-hydrogen) atoms. The highest BCUT2D eigenvalue weighted by Gasteiger charge is 2.11. The molecule has 2 aromatic heterocycles. The fourth-order valence-corrected chi connectivity index (χ4v) is 2.47. The molecule has 144 valence electrons. The number of benzene rings is 1. The summed E-state index contributed by atoms with van der Waals surface area (Å²) in [5.41, 5.74) is 7.07. The van der Waals surface area contributed by atoms with Gasteiger partial charge in [-0.1, -0.05) is 6.92 Å². The zero-order chi connectivity index (χ0) is 20.1. The highest BCUT2D eigenvalue weighted by atomic mass is 16.2. The Morgan fingerprint density at radius 3 is 2.71 bits per heavy atom. The van der Waals surface area contributed by atoms with Crippen molar-refractivity contribution >= 4 is 35.0 Å². The van der Waals surface area contributed by atoms with Gasteiger partial charge in [0.1, 0.15) is 6.29 Å². The Labute approximate surface area is 159 Å². The lowest BCUT2D eigenvalue weighted by Gasteiger charge is -2.11. The Morgan fingerprint density at radius 1 is 1.29 bits per heavy atom. The second kappa shape index (κ2) is 8.25. The van der Waals surface area contributed by atoms with Gasteiger partial charge in [0.2, 0.25) is 5.95 Å². The van der Waals surface area contributed by atoms with Crippen molar-refractivity contribution in [3.63, 3.8) is 0 Å². The molecule has 3 rings (SSSR count). The van der Waals surface area contributed by atoms with E-state index in [-0.39, 0.29) is 23.0 Å². The van der Waals surface area contributed by atoms with E-state index >= 15 is 0 Å². The van der Waals surface area contributed by atoms with Gasteiger partial charge >= 0.3 is 0 Å². The fraction of sp³-hybridized carbons (Fsp3) is 0.222. The molecule has 0 radical (unpaired) electrons. The van der Waals surface area contributed by atoms with Gasteiger partial charge in [-0.3, -0.25) is 14.6 Å². The standard InChI is InChI=1S/C18H19N7O3/c1-2-11(9-26)23-16(27)10-3-5-12(6-4-10)20-7-13-8-21-15-14(22-13)17(28)25-18(19)24-15/h3-6,8-9,11,20H,2,7H2,1H3,(H,23,27)(H3,19,21,24,25,28)/t11-/m0/s1. The third-order valence-corrected chi connectivity index (χ3v) is 4.03. The van der Waals surface area contributed by atoms with Gasteiger partial charge in [0, 0.05) is 11.3 Å². The van der Waals surface area contributed by atoms with Gasteiger partial charge < -0.3 is 21.2 Å². The van der Waals surface area contributed by atoms with Crippen LogP contribution in [0.25, 0.3) is 11.2 Å². The number of fused-ring (bicyclic) bond motifs is 1. The Kier molecular flexibility index (Phi) is 5.58. The second-order valence-electron chi connectivity index (χ2n) is 6.04. The molecule has 0 bridgehead atoms. The van der Waals surface area contributed by atoms with Gasteiger partial charge in [0.25, 0.3) is 11.5 Å². The predicted molar refractivity (Wildman–Crippen MR) is 104 cm³/mol. The minimum absolute atomic E-state index is 0.0137. The van der Waals surface area contributed by atoms with Gasteiger partial charge in [-0.15, -0.1) is 0 Å². The van der Waals surface area contributed by atoms with Crippen LogP contribution >= 0.6 is 0 Å². The van der Waals surface area contributed by atoms with E-state index in [9.17, 15) is 14.4 Å². The predicted octanol–water partition coefficient (Wildman–Crippen LogP) is 0.615. The molecule has 0 spiro atoms. The number of hydrogen-bond donors (Lipinski definition) is 4. The molecular weight excluding hydrogens is 362 g/mol. The van der Waals surface area contributed by atoms with E-state index in [2.05, 4.69) is 30.6 Å². The normalized spacial score (nSPS) is 11.8. The molecule has 5 N–H and O–H groups in total. The average Bonchev–Trinajstić information content (AvgIpc) is 2.70. The number of aldehydes is 1. The molecule has 1 amide bonds. The number of nitrogens with two attached hydrogens (primary N) is 1. The monoisotopic (exact) mass is 381 g/mol. The van der Waals surface area contributed by atoms with E-state index in [1.807, 2.05) is 6.92 Å². The zero-order valence-corrected chi connectivity index (χ0v) is 15.1. The van der Waals surface area contributed by atoms with Crippen LogP contribution in [0.15, 0.2) is 35.3 Å². The van der Waals surface area contributed by atoms with Gasteiger partial charge in [0.05, 0.1) is 24.5 Å². The molecule has 0 aliphatic heterocycles. The van der Waals surface area contributed by atoms with E-state index in [4.69, 9.17) is 5.73 Å². The Hall–Kier alpha value is -3.82. The van der Waals surface area contributed by atoms with Gasteiger partial charge in [-0.05, 0) is 30.7 Å². The zero-order valence-electron chi connectivity index (χ0n) is 15.1. The fourth-order valence-electron chi connectivity index (χ4n) is 2.47. The number of aromatic nitrogens is 4. The maximum absolute atomic E-state index is 12.1. The maximum Gasteiger partial charge on any atom is 0.280 e. The van der Waals surface area contributed by atoms with Crippen molar-refractivity contribution in [2.75, 3.05) is 11.1 Å². The lowest BCUT2D eigenvalue weighted by atomic mass is 10.1. The number of nitrogen functional groups attached to an aromatic ring is 1. The Balaban J connectivity index is 1.66. The molecule has 10 heteroatoms. The largest absolute Gasteiger partial charge is 0.379 e. The van der Waals surface area contributed by atoms with Crippen molar-refractivity contribution in [2.45, 2.75) is 25.9 Å². The van der Waals surface area contributed by atoms with E-state index < -0.39 is 11.6 Å². The molecule has 0 aliphatic carbocycles. The first kappa shape index (κ1) is 19.0. The van der Waals surface area contributed by atoms with Crippen molar-refractivity contribution < 1.29 is 9.59 Å². The Bertz CT molecular complexity index is 1060. The molecule has 0 saturated heterocycles. The number of nitrogens with one attached hydrogen (secondary N) is 3. The van der Waals surface area contributed by atoms with E-state index in [0.717, 1.165) is 5.69 Å². The molecule has 0 saturated carbocycles. The first-order valence-electron chi connectivity index (χ1n) is 8.61. The summed E-state index contributed by atoms with van der Waals surface area (Å²) in [6.45, 7) is 2.14. The van der Waals surface area contributed by atoms with Crippen LogP contribution in [-0.2, 0) is 11.3 Å². The molecule has 3 aromatic rings. The summed E-state index contributed by atoms with van der Waals surface area (Å²) in [5.74, 6) is -0.322. The number of carbonyl (C=O) groups is 2. The maximum atomic E-state index is 12.1. The average molecular weight is 381 g/mol. The quantitative estimate of drug-likeness (QED) is 0.434. The highest BCUT2D eigenvalue weighted by molar-refractivity contribution is 5.95. The van der Waals surface area contributed by atoms with E-state index in [1.54, 1.807) is 24.3 Å². The van der Waals surface area contributed by atoms with E-state index in [0.29, 0.717) is 30.5 Å². The van der Waals surface area contributed by atoms with Crippen LogP contribution in [0.2, 0.25) is 0 Å². The van der Waals surface area contributed by atoms with Crippen LogP contribution < -0.4 is 21.9 Å². The van der Waals surface area contributed by atoms with Gasteiger partial charge in [-0.25, -0.2) is 9.97 Å². The van der Waals surface area contributed by atoms with Crippen LogP contribution in [0.5, 0.6) is 0 Å². The molecule has 0 aliphatic rings. The first-order valence-corrected chi connectivity index (χ1v) is 8.61. The lowest BCUT2D eigenvalue weighted by Crippen LogP contribution is -2.35. The molecule has 0 fully saturated rings. The Morgan fingerprint density at radius 2 is 2.04 bits per heavy atom. The number of H-pyrrole nitrogens is 1. The molecule has 1 atom stereocenters.